The zero-order chi connectivity index (χ0) is 26.5. The Hall–Kier alpha value is -3.06. The van der Waals surface area contributed by atoms with Crippen LogP contribution in [0, 0.1) is 17.6 Å². The van der Waals surface area contributed by atoms with E-state index in [0.29, 0.717) is 44.1 Å². The summed E-state index contributed by atoms with van der Waals surface area (Å²) in [6, 6.07) is 2.69. The maximum atomic E-state index is 13.9. The van der Waals surface area contributed by atoms with E-state index in [-0.39, 0.29) is 42.5 Å². The molecule has 5 rings (SSSR count). The minimum atomic E-state index is -3.43. The standard InChI is InChI=1S/C24H28F2N4O6S/c1-14(2)37(33,34)29-5-3-28(4-6-29)20-13-27-30(18-10-16(25)9-17(26)11-18)24(32)23(20)35-19-7-15-8-22(31)36-21(15)12-19/h9-11,13-15,19,21H,3-8,12H2,1-2H3/t15-,19-,21-/m0/s1. The van der Waals surface area contributed by atoms with E-state index < -0.39 is 38.6 Å². The number of nitrogens with zero attached hydrogens (tertiary/aromatic N) is 4. The maximum absolute atomic E-state index is 13.9. The Morgan fingerprint density at radius 3 is 2.35 bits per heavy atom. The van der Waals surface area contributed by atoms with Gasteiger partial charge in [-0.3, -0.25) is 9.59 Å². The molecule has 1 aromatic heterocycles. The van der Waals surface area contributed by atoms with Crippen LogP contribution in [0.3, 0.4) is 0 Å². The predicted octanol–water partition coefficient (Wildman–Crippen LogP) is 1.84. The number of piperazine rings is 1. The highest BCUT2D eigenvalue weighted by molar-refractivity contribution is 7.89. The van der Waals surface area contributed by atoms with Crippen LogP contribution < -0.4 is 15.2 Å². The number of esters is 1. The highest BCUT2D eigenvalue weighted by Gasteiger charge is 2.44. The fourth-order valence-electron chi connectivity index (χ4n) is 5.18. The Morgan fingerprint density at radius 2 is 1.73 bits per heavy atom. The van der Waals surface area contributed by atoms with Crippen molar-refractivity contribution < 1.29 is 31.5 Å². The molecule has 0 spiro atoms. The number of benzene rings is 1. The van der Waals surface area contributed by atoms with Gasteiger partial charge in [0.05, 0.1) is 23.6 Å². The Kier molecular flexibility index (Phi) is 6.69. The fourth-order valence-corrected chi connectivity index (χ4v) is 6.45. The van der Waals surface area contributed by atoms with E-state index in [4.69, 9.17) is 9.47 Å². The van der Waals surface area contributed by atoms with Crippen molar-refractivity contribution in [3.05, 3.63) is 46.4 Å². The third kappa shape index (κ3) is 4.93. The number of halogens is 2. The largest absolute Gasteiger partial charge is 0.483 e. The van der Waals surface area contributed by atoms with Crippen molar-refractivity contribution >= 4 is 21.7 Å². The lowest BCUT2D eigenvalue weighted by molar-refractivity contribution is -0.141. The van der Waals surface area contributed by atoms with Gasteiger partial charge in [-0.25, -0.2) is 17.2 Å². The Balaban J connectivity index is 1.46. The molecule has 1 saturated carbocycles. The Bertz CT molecular complexity index is 1340. The lowest BCUT2D eigenvalue weighted by atomic mass is 10.1. The molecule has 37 heavy (non-hydrogen) atoms. The number of aromatic nitrogens is 2. The molecule has 2 aliphatic heterocycles. The molecule has 2 saturated heterocycles. The molecule has 0 amide bonds. The molecule has 3 atom stereocenters. The van der Waals surface area contributed by atoms with Crippen LogP contribution in [0.4, 0.5) is 14.5 Å². The highest BCUT2D eigenvalue weighted by Crippen LogP contribution is 2.39. The Morgan fingerprint density at radius 1 is 1.05 bits per heavy atom. The normalized spacial score (nSPS) is 24.4. The molecule has 3 heterocycles. The Labute approximate surface area is 212 Å². The second-order valence-corrected chi connectivity index (χ2v) is 12.4. The third-order valence-corrected chi connectivity index (χ3v) is 9.40. The van der Waals surface area contributed by atoms with Gasteiger partial charge in [0.15, 0.2) is 0 Å². The lowest BCUT2D eigenvalue weighted by Crippen LogP contribution is -2.50. The summed E-state index contributed by atoms with van der Waals surface area (Å²) in [5, 5.41) is 3.60. The van der Waals surface area contributed by atoms with Crippen molar-refractivity contribution in [2.24, 2.45) is 5.92 Å². The summed E-state index contributed by atoms with van der Waals surface area (Å²) in [6.07, 6.45) is 1.96. The van der Waals surface area contributed by atoms with E-state index in [1.165, 1.54) is 10.5 Å². The number of fused-ring (bicyclic) bond motifs is 1. The second-order valence-electron chi connectivity index (χ2n) is 9.89. The minimum absolute atomic E-state index is 0.00659. The summed E-state index contributed by atoms with van der Waals surface area (Å²) in [6.45, 7) is 4.30. The average Bonchev–Trinajstić information content (AvgIpc) is 3.36. The van der Waals surface area contributed by atoms with E-state index in [1.54, 1.807) is 13.8 Å². The highest BCUT2D eigenvalue weighted by atomic mass is 32.2. The average molecular weight is 539 g/mol. The van der Waals surface area contributed by atoms with Crippen molar-refractivity contribution in [3.8, 4) is 11.4 Å². The molecule has 0 bridgehead atoms. The van der Waals surface area contributed by atoms with Gasteiger partial charge in [0, 0.05) is 44.6 Å². The van der Waals surface area contributed by atoms with Crippen LogP contribution in [-0.2, 0) is 19.6 Å². The molecule has 0 unspecified atom stereocenters. The van der Waals surface area contributed by atoms with Crippen LogP contribution in [-0.4, -0.2) is 72.1 Å². The third-order valence-electron chi connectivity index (χ3n) is 7.12. The smallest absolute Gasteiger partial charge is 0.316 e. The van der Waals surface area contributed by atoms with Crippen LogP contribution in [0.25, 0.3) is 5.69 Å². The SMILES string of the molecule is CC(C)S(=O)(=O)N1CCN(c2cnn(-c3cc(F)cc(F)c3)c(=O)c2O[C@H]2C[C@H]3CC(=O)O[C@H]3C2)CC1. The van der Waals surface area contributed by atoms with Gasteiger partial charge in [0.25, 0.3) is 0 Å². The van der Waals surface area contributed by atoms with Crippen molar-refractivity contribution in [2.45, 2.75) is 50.6 Å². The molecular weight excluding hydrogens is 510 g/mol. The molecule has 0 N–H and O–H groups in total. The van der Waals surface area contributed by atoms with E-state index in [9.17, 15) is 26.8 Å². The fraction of sp³-hybridized carbons (Fsp3) is 0.542. The molecule has 1 aromatic carbocycles. The van der Waals surface area contributed by atoms with Crippen molar-refractivity contribution in [1.82, 2.24) is 14.1 Å². The quantitative estimate of drug-likeness (QED) is 0.513. The summed E-state index contributed by atoms with van der Waals surface area (Å²) >= 11 is 0. The molecule has 13 heteroatoms. The maximum Gasteiger partial charge on any atom is 0.316 e. The van der Waals surface area contributed by atoms with Crippen LogP contribution in [0.2, 0.25) is 0 Å². The van der Waals surface area contributed by atoms with Gasteiger partial charge in [-0.15, -0.1) is 0 Å². The van der Waals surface area contributed by atoms with Crippen molar-refractivity contribution in [3.63, 3.8) is 0 Å². The number of rotatable bonds is 6. The summed E-state index contributed by atoms with van der Waals surface area (Å²) in [5.41, 5.74) is -0.425. The van der Waals surface area contributed by atoms with E-state index in [0.717, 1.165) is 16.8 Å². The number of anilines is 1. The van der Waals surface area contributed by atoms with Crippen molar-refractivity contribution in [2.75, 3.05) is 31.1 Å². The van der Waals surface area contributed by atoms with Gasteiger partial charge in [-0.2, -0.15) is 14.1 Å². The van der Waals surface area contributed by atoms with Crippen LogP contribution in [0.1, 0.15) is 33.1 Å². The van der Waals surface area contributed by atoms with Gasteiger partial charge in [0.2, 0.25) is 15.8 Å². The number of hydrogen-bond acceptors (Lipinski definition) is 8. The topological polar surface area (TPSA) is 111 Å². The molecule has 2 aromatic rings. The molecule has 1 aliphatic carbocycles. The first-order valence-corrected chi connectivity index (χ1v) is 13.7. The van der Waals surface area contributed by atoms with Crippen molar-refractivity contribution in [1.29, 1.82) is 0 Å². The molecule has 10 nitrogen and oxygen atoms in total. The molecule has 0 radical (unpaired) electrons. The first-order valence-electron chi connectivity index (χ1n) is 12.2. The minimum Gasteiger partial charge on any atom is -0.483 e. The summed E-state index contributed by atoms with van der Waals surface area (Å²) < 4.78 is 66.7. The zero-order valence-electron chi connectivity index (χ0n) is 20.5. The van der Waals surface area contributed by atoms with Gasteiger partial charge >= 0.3 is 11.5 Å². The number of ether oxygens (including phenoxy) is 2. The molecule has 200 valence electrons. The number of hydrogen-bond donors (Lipinski definition) is 0. The molecular formula is C24H28F2N4O6S. The molecule has 3 aliphatic rings. The lowest BCUT2D eigenvalue weighted by Gasteiger charge is -2.36. The van der Waals surface area contributed by atoms with E-state index in [1.807, 2.05) is 4.90 Å². The summed E-state index contributed by atoms with van der Waals surface area (Å²) in [7, 11) is -3.43. The van der Waals surface area contributed by atoms with Crippen LogP contribution in [0.15, 0.2) is 29.2 Å². The van der Waals surface area contributed by atoms with Gasteiger partial charge in [-0.1, -0.05) is 0 Å². The van der Waals surface area contributed by atoms with Gasteiger partial charge < -0.3 is 14.4 Å². The van der Waals surface area contributed by atoms with Gasteiger partial charge in [-0.05, 0) is 32.4 Å². The first-order chi connectivity index (χ1) is 17.5. The molecule has 3 fully saturated rings. The monoisotopic (exact) mass is 538 g/mol. The predicted molar refractivity (Wildman–Crippen MR) is 129 cm³/mol. The van der Waals surface area contributed by atoms with Crippen LogP contribution in [0.5, 0.6) is 5.75 Å². The number of carbonyl (C=O) groups is 1. The first kappa shape index (κ1) is 25.6. The van der Waals surface area contributed by atoms with Crippen LogP contribution >= 0.6 is 0 Å². The summed E-state index contributed by atoms with van der Waals surface area (Å²) in [4.78, 5) is 27.0. The second kappa shape index (κ2) is 9.67. The number of sulfonamides is 1. The van der Waals surface area contributed by atoms with E-state index >= 15 is 0 Å². The van der Waals surface area contributed by atoms with Gasteiger partial charge in [0.1, 0.15) is 29.5 Å². The number of carbonyl (C=O) groups excluding carboxylic acids is 1. The summed E-state index contributed by atoms with van der Waals surface area (Å²) in [5.74, 6) is -2.00. The van der Waals surface area contributed by atoms with E-state index in [2.05, 4.69) is 5.10 Å². The zero-order valence-corrected chi connectivity index (χ0v) is 21.3.